The SMILES string of the molecule is CC(C)CCOCCNC1CCCc2cccnc21. The average molecular weight is 262 g/mol. The van der Waals surface area contributed by atoms with E-state index < -0.39 is 0 Å². The number of aryl methyl sites for hydroxylation is 1. The molecule has 1 heterocycles. The monoisotopic (exact) mass is 262 g/mol. The second kappa shape index (κ2) is 7.61. The van der Waals surface area contributed by atoms with E-state index in [1.54, 1.807) is 0 Å². The summed E-state index contributed by atoms with van der Waals surface area (Å²) in [6, 6.07) is 4.66. The molecule has 1 N–H and O–H groups in total. The average Bonchev–Trinajstić information content (AvgIpc) is 2.42. The van der Waals surface area contributed by atoms with Crippen molar-refractivity contribution in [3.8, 4) is 0 Å². The van der Waals surface area contributed by atoms with E-state index in [2.05, 4.69) is 30.2 Å². The molecule has 0 amide bonds. The first-order valence-corrected chi connectivity index (χ1v) is 7.52. The molecule has 0 fully saturated rings. The maximum absolute atomic E-state index is 5.64. The van der Waals surface area contributed by atoms with Crippen LogP contribution in [-0.4, -0.2) is 24.7 Å². The Morgan fingerprint density at radius 3 is 3.16 bits per heavy atom. The molecule has 1 unspecified atom stereocenters. The van der Waals surface area contributed by atoms with Gasteiger partial charge in [0, 0.05) is 25.4 Å². The number of rotatable bonds is 7. The lowest BCUT2D eigenvalue weighted by Gasteiger charge is -2.25. The predicted octanol–water partition coefficient (Wildman–Crippen LogP) is 3.11. The van der Waals surface area contributed by atoms with E-state index in [0.717, 1.165) is 32.1 Å². The van der Waals surface area contributed by atoms with Crippen molar-refractivity contribution in [2.75, 3.05) is 19.8 Å². The smallest absolute Gasteiger partial charge is 0.0605 e. The maximum Gasteiger partial charge on any atom is 0.0605 e. The van der Waals surface area contributed by atoms with E-state index in [9.17, 15) is 0 Å². The van der Waals surface area contributed by atoms with Crippen molar-refractivity contribution in [1.29, 1.82) is 0 Å². The van der Waals surface area contributed by atoms with Crippen LogP contribution in [0.25, 0.3) is 0 Å². The van der Waals surface area contributed by atoms with Gasteiger partial charge in [0.2, 0.25) is 0 Å². The second-order valence-electron chi connectivity index (χ2n) is 5.74. The van der Waals surface area contributed by atoms with E-state index in [1.807, 2.05) is 12.3 Å². The summed E-state index contributed by atoms with van der Waals surface area (Å²) in [4.78, 5) is 4.54. The Balaban J connectivity index is 1.70. The van der Waals surface area contributed by atoms with Crippen LogP contribution in [0.2, 0.25) is 0 Å². The largest absolute Gasteiger partial charge is 0.380 e. The van der Waals surface area contributed by atoms with Crippen molar-refractivity contribution in [2.45, 2.75) is 45.6 Å². The minimum Gasteiger partial charge on any atom is -0.380 e. The van der Waals surface area contributed by atoms with Crippen LogP contribution in [0.15, 0.2) is 18.3 Å². The van der Waals surface area contributed by atoms with Crippen LogP contribution < -0.4 is 5.32 Å². The molecular weight excluding hydrogens is 236 g/mol. The van der Waals surface area contributed by atoms with Crippen molar-refractivity contribution < 1.29 is 4.74 Å². The van der Waals surface area contributed by atoms with Crippen LogP contribution in [-0.2, 0) is 11.2 Å². The number of nitrogens with zero attached hydrogens (tertiary/aromatic N) is 1. The van der Waals surface area contributed by atoms with Crippen LogP contribution in [0.4, 0.5) is 0 Å². The molecule has 2 rings (SSSR count). The summed E-state index contributed by atoms with van der Waals surface area (Å²) in [6.45, 7) is 7.04. The Morgan fingerprint density at radius 1 is 1.42 bits per heavy atom. The molecule has 3 heteroatoms. The van der Waals surface area contributed by atoms with Gasteiger partial charge in [-0.3, -0.25) is 4.98 Å². The molecule has 0 aromatic carbocycles. The number of aromatic nitrogens is 1. The molecule has 0 spiro atoms. The van der Waals surface area contributed by atoms with Gasteiger partial charge in [0.1, 0.15) is 0 Å². The van der Waals surface area contributed by atoms with Gasteiger partial charge in [-0.05, 0) is 43.2 Å². The first kappa shape index (κ1) is 14.5. The summed E-state index contributed by atoms with van der Waals surface area (Å²) in [5.41, 5.74) is 2.66. The van der Waals surface area contributed by atoms with Gasteiger partial charge in [-0.1, -0.05) is 19.9 Å². The lowest BCUT2D eigenvalue weighted by molar-refractivity contribution is 0.122. The van der Waals surface area contributed by atoms with Gasteiger partial charge in [0.05, 0.1) is 12.3 Å². The highest BCUT2D eigenvalue weighted by molar-refractivity contribution is 5.25. The molecule has 19 heavy (non-hydrogen) atoms. The highest BCUT2D eigenvalue weighted by atomic mass is 16.5. The van der Waals surface area contributed by atoms with Crippen molar-refractivity contribution in [1.82, 2.24) is 10.3 Å². The van der Waals surface area contributed by atoms with E-state index in [0.29, 0.717) is 6.04 Å². The number of hydrogen-bond acceptors (Lipinski definition) is 3. The molecular formula is C16H26N2O. The van der Waals surface area contributed by atoms with Crippen molar-refractivity contribution in [2.24, 2.45) is 5.92 Å². The van der Waals surface area contributed by atoms with Crippen LogP contribution in [0.1, 0.15) is 50.4 Å². The molecule has 0 saturated carbocycles. The molecule has 1 aliphatic rings. The molecule has 0 aliphatic heterocycles. The minimum atomic E-state index is 0.415. The third-order valence-electron chi connectivity index (χ3n) is 3.67. The van der Waals surface area contributed by atoms with Gasteiger partial charge in [-0.25, -0.2) is 0 Å². The van der Waals surface area contributed by atoms with Gasteiger partial charge in [-0.15, -0.1) is 0 Å². The summed E-state index contributed by atoms with van der Waals surface area (Å²) in [5, 5.41) is 3.58. The third kappa shape index (κ3) is 4.59. The molecule has 1 aromatic rings. The van der Waals surface area contributed by atoms with Crippen molar-refractivity contribution >= 4 is 0 Å². The first-order valence-electron chi connectivity index (χ1n) is 7.52. The Hall–Kier alpha value is -0.930. The zero-order valence-electron chi connectivity index (χ0n) is 12.2. The second-order valence-corrected chi connectivity index (χ2v) is 5.74. The van der Waals surface area contributed by atoms with Crippen molar-refractivity contribution in [3.63, 3.8) is 0 Å². The molecule has 0 bridgehead atoms. The third-order valence-corrected chi connectivity index (χ3v) is 3.67. The fraction of sp³-hybridized carbons (Fsp3) is 0.688. The van der Waals surface area contributed by atoms with E-state index in [4.69, 9.17) is 4.74 Å². The maximum atomic E-state index is 5.64. The quantitative estimate of drug-likeness (QED) is 0.767. The Kier molecular flexibility index (Phi) is 5.80. The van der Waals surface area contributed by atoms with Crippen molar-refractivity contribution in [3.05, 3.63) is 29.6 Å². The first-order chi connectivity index (χ1) is 9.27. The summed E-state index contributed by atoms with van der Waals surface area (Å²) in [5.74, 6) is 0.724. The Bertz CT molecular complexity index is 379. The van der Waals surface area contributed by atoms with E-state index >= 15 is 0 Å². The molecule has 106 valence electrons. The fourth-order valence-corrected chi connectivity index (χ4v) is 2.53. The number of nitrogens with one attached hydrogen (secondary N) is 1. The Labute approximate surface area is 116 Å². The zero-order valence-corrected chi connectivity index (χ0v) is 12.2. The Morgan fingerprint density at radius 2 is 2.32 bits per heavy atom. The van der Waals surface area contributed by atoms with Crippen LogP contribution in [0.3, 0.4) is 0 Å². The summed E-state index contributed by atoms with van der Waals surface area (Å²) in [7, 11) is 0. The van der Waals surface area contributed by atoms with Gasteiger partial charge in [-0.2, -0.15) is 0 Å². The molecule has 1 aromatic heterocycles. The zero-order chi connectivity index (χ0) is 13.5. The number of ether oxygens (including phenoxy) is 1. The van der Waals surface area contributed by atoms with Gasteiger partial charge in [0.25, 0.3) is 0 Å². The summed E-state index contributed by atoms with van der Waals surface area (Å²) < 4.78 is 5.64. The molecule has 1 aliphatic carbocycles. The van der Waals surface area contributed by atoms with Crippen LogP contribution in [0, 0.1) is 5.92 Å². The van der Waals surface area contributed by atoms with E-state index in [1.165, 1.54) is 30.5 Å². The summed E-state index contributed by atoms with van der Waals surface area (Å²) in [6.07, 6.45) is 6.67. The lowest BCUT2D eigenvalue weighted by Crippen LogP contribution is -2.29. The highest BCUT2D eigenvalue weighted by Gasteiger charge is 2.20. The molecule has 1 atom stereocenters. The molecule has 0 radical (unpaired) electrons. The highest BCUT2D eigenvalue weighted by Crippen LogP contribution is 2.27. The normalized spacial score (nSPS) is 18.6. The van der Waals surface area contributed by atoms with E-state index in [-0.39, 0.29) is 0 Å². The van der Waals surface area contributed by atoms with Crippen LogP contribution >= 0.6 is 0 Å². The van der Waals surface area contributed by atoms with Gasteiger partial charge in [0.15, 0.2) is 0 Å². The molecule has 0 saturated heterocycles. The lowest BCUT2D eigenvalue weighted by atomic mass is 9.92. The van der Waals surface area contributed by atoms with Gasteiger partial charge < -0.3 is 10.1 Å². The topological polar surface area (TPSA) is 34.1 Å². The summed E-state index contributed by atoms with van der Waals surface area (Å²) >= 11 is 0. The number of fused-ring (bicyclic) bond motifs is 1. The fourth-order valence-electron chi connectivity index (χ4n) is 2.53. The number of hydrogen-bond donors (Lipinski definition) is 1. The predicted molar refractivity (Wildman–Crippen MR) is 78.2 cm³/mol. The minimum absolute atomic E-state index is 0.415. The molecule has 3 nitrogen and oxygen atoms in total. The number of pyridine rings is 1. The van der Waals surface area contributed by atoms with Crippen LogP contribution in [0.5, 0.6) is 0 Å². The van der Waals surface area contributed by atoms with Gasteiger partial charge >= 0.3 is 0 Å². The standard InChI is InChI=1S/C16H26N2O/c1-13(2)8-11-19-12-10-17-15-7-3-5-14-6-4-9-18-16(14)15/h4,6,9,13,15,17H,3,5,7-8,10-12H2,1-2H3.